The number of carbonyl (C=O) groups is 1. The van der Waals surface area contributed by atoms with Crippen LogP contribution in [0.1, 0.15) is 31.7 Å². The van der Waals surface area contributed by atoms with Gasteiger partial charge in [0.05, 0.1) is 6.61 Å². The lowest BCUT2D eigenvalue weighted by Crippen LogP contribution is -2.53. The van der Waals surface area contributed by atoms with Crippen LogP contribution in [-0.2, 0) is 15.1 Å². The third kappa shape index (κ3) is 2.39. The second-order valence-electron chi connectivity index (χ2n) is 5.14. The summed E-state index contributed by atoms with van der Waals surface area (Å²) in [6, 6.07) is 8.67. The maximum atomic E-state index is 12.6. The Balaban J connectivity index is 2.01. The van der Waals surface area contributed by atoms with Crippen LogP contribution in [0.2, 0.25) is 0 Å². The summed E-state index contributed by atoms with van der Waals surface area (Å²) in [4.78, 5) is 13.8. The Hall–Kier alpha value is -1.00. The summed E-state index contributed by atoms with van der Waals surface area (Å²) in [5.74, 6) is 0.838. The van der Waals surface area contributed by atoms with Crippen LogP contribution in [0, 0.1) is 0 Å². The number of benzene rings is 1. The van der Waals surface area contributed by atoms with Crippen LogP contribution in [0.4, 0.5) is 0 Å². The fraction of sp³-hybridized carbons (Fsp3) is 0.533. The number of esters is 1. The lowest BCUT2D eigenvalue weighted by molar-refractivity contribution is -0.152. The minimum atomic E-state index is -0.626. The molecular formula is C15H19NO2S. The van der Waals surface area contributed by atoms with E-state index in [0.717, 1.165) is 30.6 Å². The molecule has 2 aliphatic rings. The van der Waals surface area contributed by atoms with E-state index in [1.165, 1.54) is 4.90 Å². The number of hydrogen-bond donors (Lipinski definition) is 1. The van der Waals surface area contributed by atoms with Crippen molar-refractivity contribution in [2.24, 2.45) is 0 Å². The molecule has 3 nitrogen and oxygen atoms in total. The van der Waals surface area contributed by atoms with E-state index in [1.807, 2.05) is 30.8 Å². The molecule has 1 heterocycles. The smallest absolute Gasteiger partial charge is 0.331 e. The van der Waals surface area contributed by atoms with Gasteiger partial charge in [-0.2, -0.15) is 0 Å². The average Bonchev–Trinajstić information content (AvgIpc) is 3.23. The minimum Gasteiger partial charge on any atom is -0.464 e. The van der Waals surface area contributed by atoms with Crippen molar-refractivity contribution in [2.75, 3.05) is 12.4 Å². The number of hydrogen-bond acceptors (Lipinski definition) is 4. The summed E-state index contributed by atoms with van der Waals surface area (Å²) < 4.78 is 5.36. The van der Waals surface area contributed by atoms with Gasteiger partial charge in [0.25, 0.3) is 0 Å². The first-order valence-electron chi connectivity index (χ1n) is 6.93. The van der Waals surface area contributed by atoms with Gasteiger partial charge in [-0.15, -0.1) is 11.8 Å². The molecule has 1 aromatic carbocycles. The molecule has 3 rings (SSSR count). The Morgan fingerprint density at radius 1 is 1.47 bits per heavy atom. The number of carbonyl (C=O) groups excluding carboxylic acids is 1. The van der Waals surface area contributed by atoms with Gasteiger partial charge in [0.2, 0.25) is 0 Å². The van der Waals surface area contributed by atoms with Gasteiger partial charge in [-0.3, -0.25) is 5.32 Å². The molecule has 1 aliphatic carbocycles. The maximum absolute atomic E-state index is 12.6. The van der Waals surface area contributed by atoms with Crippen molar-refractivity contribution in [1.29, 1.82) is 0 Å². The van der Waals surface area contributed by atoms with E-state index in [9.17, 15) is 4.79 Å². The number of ether oxygens (including phenoxy) is 1. The van der Waals surface area contributed by atoms with E-state index in [4.69, 9.17) is 4.74 Å². The molecule has 19 heavy (non-hydrogen) atoms. The van der Waals surface area contributed by atoms with Gasteiger partial charge in [0.15, 0.2) is 0 Å². The van der Waals surface area contributed by atoms with Crippen molar-refractivity contribution < 1.29 is 9.53 Å². The second kappa shape index (κ2) is 5.17. The summed E-state index contributed by atoms with van der Waals surface area (Å²) in [6.07, 6.45) is 3.14. The molecule has 1 saturated carbocycles. The normalized spacial score (nSPS) is 25.7. The Morgan fingerprint density at radius 3 is 3.00 bits per heavy atom. The van der Waals surface area contributed by atoms with Crippen LogP contribution in [0.25, 0.3) is 0 Å². The zero-order valence-corrected chi connectivity index (χ0v) is 12.0. The van der Waals surface area contributed by atoms with Crippen molar-refractivity contribution in [2.45, 2.75) is 42.7 Å². The van der Waals surface area contributed by atoms with Crippen LogP contribution < -0.4 is 5.32 Å². The quantitative estimate of drug-likeness (QED) is 0.859. The molecule has 1 atom stereocenters. The first-order valence-corrected chi connectivity index (χ1v) is 7.92. The lowest BCUT2D eigenvalue weighted by atomic mass is 9.86. The van der Waals surface area contributed by atoms with Gasteiger partial charge in [-0.25, -0.2) is 4.79 Å². The Labute approximate surface area is 118 Å². The average molecular weight is 277 g/mol. The maximum Gasteiger partial charge on any atom is 0.331 e. The molecule has 1 aliphatic heterocycles. The molecule has 1 fully saturated rings. The van der Waals surface area contributed by atoms with Crippen LogP contribution in [-0.4, -0.2) is 24.4 Å². The molecule has 0 radical (unpaired) electrons. The molecular weight excluding hydrogens is 258 g/mol. The highest BCUT2D eigenvalue weighted by Crippen LogP contribution is 2.42. The van der Waals surface area contributed by atoms with Crippen molar-refractivity contribution in [1.82, 2.24) is 5.32 Å². The van der Waals surface area contributed by atoms with E-state index >= 15 is 0 Å². The highest BCUT2D eigenvalue weighted by atomic mass is 32.2. The zero-order chi connectivity index (χ0) is 13.3. The van der Waals surface area contributed by atoms with Crippen LogP contribution in [0.3, 0.4) is 0 Å². The highest BCUT2D eigenvalue weighted by molar-refractivity contribution is 7.99. The number of thioether (sulfide) groups is 1. The third-order valence-electron chi connectivity index (χ3n) is 3.73. The van der Waals surface area contributed by atoms with E-state index in [-0.39, 0.29) is 5.97 Å². The van der Waals surface area contributed by atoms with Crippen LogP contribution >= 0.6 is 11.8 Å². The Bertz CT molecular complexity index is 487. The molecule has 0 amide bonds. The standard InChI is InChI=1S/C15H19NO2S/c1-2-18-14(17)15(16-11-7-8-11)9-10-19-13-6-4-3-5-12(13)15/h3-6,11,16H,2,7-10H2,1H3. The molecule has 0 aromatic heterocycles. The van der Waals surface area contributed by atoms with E-state index in [1.54, 1.807) is 0 Å². The van der Waals surface area contributed by atoms with Gasteiger partial charge in [0.1, 0.15) is 5.54 Å². The summed E-state index contributed by atoms with van der Waals surface area (Å²) in [5, 5.41) is 3.56. The van der Waals surface area contributed by atoms with E-state index in [2.05, 4.69) is 17.4 Å². The summed E-state index contributed by atoms with van der Waals surface area (Å²) in [7, 11) is 0. The second-order valence-corrected chi connectivity index (χ2v) is 6.28. The van der Waals surface area contributed by atoms with Crippen molar-refractivity contribution in [3.63, 3.8) is 0 Å². The van der Waals surface area contributed by atoms with Crippen molar-refractivity contribution >= 4 is 17.7 Å². The van der Waals surface area contributed by atoms with Gasteiger partial charge in [-0.05, 0) is 37.8 Å². The summed E-state index contributed by atoms with van der Waals surface area (Å²) >= 11 is 1.83. The molecule has 102 valence electrons. The van der Waals surface area contributed by atoms with Crippen molar-refractivity contribution in [3.8, 4) is 0 Å². The molecule has 1 unspecified atom stereocenters. The van der Waals surface area contributed by atoms with E-state index < -0.39 is 5.54 Å². The molecule has 0 saturated heterocycles. The lowest BCUT2D eigenvalue weighted by Gasteiger charge is -2.37. The van der Waals surface area contributed by atoms with Gasteiger partial charge in [0, 0.05) is 16.7 Å². The molecule has 0 spiro atoms. The molecule has 1 N–H and O–H groups in total. The van der Waals surface area contributed by atoms with E-state index in [0.29, 0.717) is 12.6 Å². The Morgan fingerprint density at radius 2 is 2.26 bits per heavy atom. The fourth-order valence-electron chi connectivity index (χ4n) is 2.65. The highest BCUT2D eigenvalue weighted by Gasteiger charge is 2.47. The number of rotatable bonds is 4. The van der Waals surface area contributed by atoms with Gasteiger partial charge < -0.3 is 4.74 Å². The summed E-state index contributed by atoms with van der Waals surface area (Å²) in [6.45, 7) is 2.30. The van der Waals surface area contributed by atoms with Gasteiger partial charge >= 0.3 is 5.97 Å². The van der Waals surface area contributed by atoms with Crippen LogP contribution in [0.15, 0.2) is 29.2 Å². The number of fused-ring (bicyclic) bond motifs is 1. The Kier molecular flexibility index (Phi) is 3.54. The third-order valence-corrected chi connectivity index (χ3v) is 4.81. The summed E-state index contributed by atoms with van der Waals surface area (Å²) in [5.41, 5.74) is 0.468. The first kappa shape index (κ1) is 13.0. The zero-order valence-electron chi connectivity index (χ0n) is 11.1. The topological polar surface area (TPSA) is 38.3 Å². The predicted octanol–water partition coefficient (Wildman–Crippen LogP) is 2.69. The van der Waals surface area contributed by atoms with Crippen LogP contribution in [0.5, 0.6) is 0 Å². The fourth-order valence-corrected chi connectivity index (χ4v) is 3.85. The van der Waals surface area contributed by atoms with Crippen molar-refractivity contribution in [3.05, 3.63) is 29.8 Å². The number of nitrogens with one attached hydrogen (secondary N) is 1. The predicted molar refractivity (Wildman–Crippen MR) is 76.3 cm³/mol. The SMILES string of the molecule is CCOC(=O)C1(NC2CC2)CCSc2ccccc21. The molecule has 1 aromatic rings. The molecule has 0 bridgehead atoms. The van der Waals surface area contributed by atoms with Gasteiger partial charge in [-0.1, -0.05) is 18.2 Å². The largest absolute Gasteiger partial charge is 0.464 e. The molecule has 4 heteroatoms. The minimum absolute atomic E-state index is 0.116. The first-order chi connectivity index (χ1) is 9.26. The monoisotopic (exact) mass is 277 g/mol.